The Kier molecular flexibility index (Phi) is 16.3. The topological polar surface area (TPSA) is 162 Å². The molecule has 92 valence electrons. The first-order chi connectivity index (χ1) is 5.20. The normalized spacial score (nSPS) is 9.40. The lowest BCUT2D eigenvalue weighted by atomic mass is 10.2. The van der Waals surface area contributed by atoms with Crippen LogP contribution in [0.5, 0.6) is 0 Å². The molecule has 15 heavy (non-hydrogen) atoms. The molecule has 0 aliphatic rings. The zero-order chi connectivity index (χ0) is 8.27. The predicted molar refractivity (Wildman–Crippen MR) is 53.0 cm³/mol. The van der Waals surface area contributed by atoms with Gasteiger partial charge in [0.25, 0.3) is 0 Å². The van der Waals surface area contributed by atoms with E-state index >= 15 is 0 Å². The number of nitrogens with two attached hydrogens (primary N) is 1. The molecular formula is C6H17F2N5O2. The summed E-state index contributed by atoms with van der Waals surface area (Å²) in [7, 11) is 0. The van der Waals surface area contributed by atoms with Crippen molar-refractivity contribution in [2.45, 2.75) is 12.5 Å². The molecule has 1 aromatic rings. The summed E-state index contributed by atoms with van der Waals surface area (Å²) in [6.45, 7) is 0. The minimum atomic E-state index is -1.00. The summed E-state index contributed by atoms with van der Waals surface area (Å²) in [5.74, 6) is -1.00. The fourth-order valence-electron chi connectivity index (χ4n) is 0.721. The zero-order valence-electron chi connectivity index (χ0n) is 8.05. The van der Waals surface area contributed by atoms with Gasteiger partial charge in [-0.3, -0.25) is 14.2 Å². The number of nitrogens with zero attached hydrogens (tertiary/aromatic N) is 1. The molecular weight excluding hydrogens is 212 g/mol. The van der Waals surface area contributed by atoms with E-state index in [1.165, 1.54) is 6.33 Å². The summed E-state index contributed by atoms with van der Waals surface area (Å²) in [5, 5.41) is 8.42. The van der Waals surface area contributed by atoms with E-state index in [0.29, 0.717) is 0 Å². The van der Waals surface area contributed by atoms with Gasteiger partial charge in [0, 0.05) is 18.3 Å². The van der Waals surface area contributed by atoms with Crippen molar-refractivity contribution in [2.75, 3.05) is 0 Å². The molecule has 7 nitrogen and oxygen atoms in total. The number of aromatic nitrogens is 2. The summed E-state index contributed by atoms with van der Waals surface area (Å²) in [6, 6.07) is -0.851. The highest BCUT2D eigenvalue weighted by atomic mass is 19.0. The second-order valence-corrected chi connectivity index (χ2v) is 2.23. The molecule has 0 aliphatic heterocycles. The van der Waals surface area contributed by atoms with Crippen LogP contribution in [0.4, 0.5) is 9.41 Å². The number of rotatable bonds is 3. The van der Waals surface area contributed by atoms with Gasteiger partial charge in [0.1, 0.15) is 6.04 Å². The lowest BCUT2D eigenvalue weighted by Gasteiger charge is -2.02. The van der Waals surface area contributed by atoms with Gasteiger partial charge in [0.05, 0.1) is 6.33 Å². The molecule has 0 bridgehead atoms. The van der Waals surface area contributed by atoms with Crippen molar-refractivity contribution in [3.8, 4) is 0 Å². The first-order valence-corrected chi connectivity index (χ1v) is 3.16. The third-order valence-electron chi connectivity index (χ3n) is 1.31. The van der Waals surface area contributed by atoms with Crippen LogP contribution in [-0.2, 0) is 11.2 Å². The minimum Gasteiger partial charge on any atom is -0.480 e. The first-order valence-electron chi connectivity index (χ1n) is 3.16. The molecule has 1 unspecified atom stereocenters. The number of H-pyrrole nitrogens is 1. The van der Waals surface area contributed by atoms with Crippen LogP contribution in [0, 0.1) is 0 Å². The smallest absolute Gasteiger partial charge is 0.320 e. The van der Waals surface area contributed by atoms with Gasteiger partial charge in [-0.15, -0.1) is 0 Å². The Morgan fingerprint density at radius 2 is 2.07 bits per heavy atom. The van der Waals surface area contributed by atoms with Crippen LogP contribution in [-0.4, -0.2) is 27.1 Å². The van der Waals surface area contributed by atoms with E-state index in [2.05, 4.69) is 9.97 Å². The Balaban J connectivity index is -0.000000151. The molecule has 0 saturated heterocycles. The highest BCUT2D eigenvalue weighted by Crippen LogP contribution is 1.95. The number of aromatic amines is 1. The van der Waals surface area contributed by atoms with Gasteiger partial charge in [-0.05, 0) is 0 Å². The molecule has 0 aliphatic carbocycles. The first kappa shape index (κ1) is 23.3. The third-order valence-corrected chi connectivity index (χ3v) is 1.31. The van der Waals surface area contributed by atoms with Crippen LogP contribution < -0.4 is 18.0 Å². The standard InChI is InChI=1S/C6H9N3O2.2FH.2H3N/c7-5(6(10)11)1-4-2-8-3-9-4;;;;/h2-3,5H,1,7H2,(H,8,9)(H,10,11);2*1H;2*1H3. The Morgan fingerprint density at radius 1 is 1.53 bits per heavy atom. The maximum atomic E-state index is 10.3. The van der Waals surface area contributed by atoms with E-state index in [-0.39, 0.29) is 28.1 Å². The van der Waals surface area contributed by atoms with Gasteiger partial charge < -0.3 is 28.1 Å². The number of hydrogen-bond donors (Lipinski definition) is 5. The number of carboxylic acid groups (broad SMARTS) is 1. The predicted octanol–water partition coefficient (Wildman–Crippen LogP) is -0.00690. The van der Waals surface area contributed by atoms with E-state index in [4.69, 9.17) is 10.8 Å². The van der Waals surface area contributed by atoms with Crippen molar-refractivity contribution in [1.29, 1.82) is 0 Å². The lowest BCUT2D eigenvalue weighted by molar-refractivity contribution is -0.138. The summed E-state index contributed by atoms with van der Waals surface area (Å²) in [4.78, 5) is 16.8. The van der Waals surface area contributed by atoms with E-state index in [0.717, 1.165) is 5.69 Å². The van der Waals surface area contributed by atoms with Gasteiger partial charge in [0.15, 0.2) is 0 Å². The molecule has 0 saturated carbocycles. The third kappa shape index (κ3) is 7.49. The zero-order valence-corrected chi connectivity index (χ0v) is 8.05. The van der Waals surface area contributed by atoms with Crippen molar-refractivity contribution < 1.29 is 19.3 Å². The van der Waals surface area contributed by atoms with Crippen LogP contribution in [0.3, 0.4) is 0 Å². The Labute approximate surface area is 85.0 Å². The summed E-state index contributed by atoms with van der Waals surface area (Å²) in [5.41, 5.74) is 6.00. The van der Waals surface area contributed by atoms with Crippen molar-refractivity contribution in [3.63, 3.8) is 0 Å². The van der Waals surface area contributed by atoms with Gasteiger partial charge >= 0.3 is 5.97 Å². The van der Waals surface area contributed by atoms with Crippen molar-refractivity contribution >= 4 is 5.97 Å². The largest absolute Gasteiger partial charge is 0.480 e. The molecule has 0 amide bonds. The molecule has 1 rings (SSSR count). The van der Waals surface area contributed by atoms with E-state index in [1.54, 1.807) is 6.20 Å². The van der Waals surface area contributed by atoms with Crippen LogP contribution in [0.2, 0.25) is 0 Å². The highest BCUT2D eigenvalue weighted by Gasteiger charge is 2.11. The summed E-state index contributed by atoms with van der Waals surface area (Å²) >= 11 is 0. The molecule has 0 spiro atoms. The van der Waals surface area contributed by atoms with Crippen LogP contribution in [0.1, 0.15) is 5.69 Å². The molecule has 1 heterocycles. The Morgan fingerprint density at radius 3 is 2.40 bits per heavy atom. The Bertz CT molecular complexity index is 244. The van der Waals surface area contributed by atoms with E-state index in [9.17, 15) is 4.79 Å². The molecule has 10 N–H and O–H groups in total. The Hall–Kier alpha value is -1.58. The molecule has 0 fully saturated rings. The number of imidazole rings is 1. The minimum absolute atomic E-state index is 0. The van der Waals surface area contributed by atoms with Gasteiger partial charge in [0.2, 0.25) is 0 Å². The summed E-state index contributed by atoms with van der Waals surface area (Å²) < 4.78 is 0. The second kappa shape index (κ2) is 10.5. The molecule has 0 radical (unpaired) electrons. The van der Waals surface area contributed by atoms with Crippen molar-refractivity contribution in [1.82, 2.24) is 22.3 Å². The van der Waals surface area contributed by atoms with Crippen molar-refractivity contribution in [2.24, 2.45) is 5.73 Å². The number of carbonyl (C=O) groups is 1. The fraction of sp³-hybridized carbons (Fsp3) is 0.333. The SMILES string of the molecule is F.F.N.N.NC(Cc1cnc[nH]1)C(=O)O. The fourth-order valence-corrected chi connectivity index (χ4v) is 0.721. The van der Waals surface area contributed by atoms with E-state index < -0.39 is 12.0 Å². The van der Waals surface area contributed by atoms with Gasteiger partial charge in [-0.25, -0.2) is 4.98 Å². The number of halogens is 2. The number of aliphatic carboxylic acids is 1. The summed E-state index contributed by atoms with van der Waals surface area (Å²) in [6.07, 6.45) is 3.34. The molecule has 0 aromatic carbocycles. The monoisotopic (exact) mass is 229 g/mol. The second-order valence-electron chi connectivity index (χ2n) is 2.23. The van der Waals surface area contributed by atoms with Gasteiger partial charge in [-0.1, -0.05) is 0 Å². The highest BCUT2D eigenvalue weighted by molar-refractivity contribution is 5.73. The molecule has 1 atom stereocenters. The number of carboxylic acids is 1. The van der Waals surface area contributed by atoms with Crippen LogP contribution in [0.25, 0.3) is 0 Å². The molecule has 1 aromatic heterocycles. The quantitative estimate of drug-likeness (QED) is 0.489. The average molecular weight is 229 g/mol. The molecule has 9 heteroatoms. The number of nitrogens with one attached hydrogen (secondary N) is 1. The van der Waals surface area contributed by atoms with Crippen LogP contribution in [0.15, 0.2) is 12.5 Å². The van der Waals surface area contributed by atoms with Crippen LogP contribution >= 0.6 is 0 Å². The van der Waals surface area contributed by atoms with E-state index in [1.807, 2.05) is 0 Å². The lowest BCUT2D eigenvalue weighted by Crippen LogP contribution is -2.32. The maximum Gasteiger partial charge on any atom is 0.320 e. The number of hydrogen-bond acceptors (Lipinski definition) is 5. The van der Waals surface area contributed by atoms with Gasteiger partial charge in [-0.2, -0.15) is 0 Å². The average Bonchev–Trinajstić information content (AvgIpc) is 2.39. The maximum absolute atomic E-state index is 10.3. The van der Waals surface area contributed by atoms with Crippen molar-refractivity contribution in [3.05, 3.63) is 18.2 Å².